The van der Waals surface area contributed by atoms with Crippen LogP contribution in [0.4, 0.5) is 0 Å². The van der Waals surface area contributed by atoms with Gasteiger partial charge in [-0.2, -0.15) is 0 Å². The van der Waals surface area contributed by atoms with Crippen LogP contribution in [0.5, 0.6) is 17.2 Å². The van der Waals surface area contributed by atoms with E-state index in [1.54, 1.807) is 12.1 Å². The third kappa shape index (κ3) is 2.78. The lowest BCUT2D eigenvalue weighted by Crippen LogP contribution is -1.90. The molecule has 2 aromatic carbocycles. The van der Waals surface area contributed by atoms with E-state index in [-0.39, 0.29) is 5.92 Å². The highest BCUT2D eigenvalue weighted by Gasteiger charge is 2.07. The molecule has 0 unspecified atom stereocenters. The Morgan fingerprint density at radius 2 is 1.65 bits per heavy atom. The molecular weight excluding hydrogens is 212 g/mol. The van der Waals surface area contributed by atoms with Crippen LogP contribution in [0, 0.1) is 0 Å². The molecule has 2 heteroatoms. The first-order valence-corrected chi connectivity index (χ1v) is 5.72. The average Bonchev–Trinajstić information content (AvgIpc) is 2.32. The van der Waals surface area contributed by atoms with Gasteiger partial charge in [0.15, 0.2) is 0 Å². The molecule has 0 bridgehead atoms. The maximum absolute atomic E-state index is 9.72. The quantitative estimate of drug-likeness (QED) is 0.848. The van der Waals surface area contributed by atoms with E-state index in [0.29, 0.717) is 5.75 Å². The number of phenols is 1. The van der Waals surface area contributed by atoms with Crippen LogP contribution >= 0.6 is 0 Å². The minimum absolute atomic E-state index is 0.273. The summed E-state index contributed by atoms with van der Waals surface area (Å²) in [5, 5.41) is 9.72. The van der Waals surface area contributed by atoms with Crippen LogP contribution in [0.1, 0.15) is 25.3 Å². The molecule has 2 nitrogen and oxygen atoms in total. The monoisotopic (exact) mass is 228 g/mol. The SMILES string of the molecule is CC(C)c1cc(Oc2ccccc2)ccc1O. The van der Waals surface area contributed by atoms with Gasteiger partial charge in [-0.3, -0.25) is 0 Å². The van der Waals surface area contributed by atoms with Gasteiger partial charge in [-0.1, -0.05) is 32.0 Å². The number of rotatable bonds is 3. The zero-order chi connectivity index (χ0) is 12.3. The second-order valence-corrected chi connectivity index (χ2v) is 4.29. The zero-order valence-corrected chi connectivity index (χ0v) is 10.1. The highest BCUT2D eigenvalue weighted by atomic mass is 16.5. The van der Waals surface area contributed by atoms with Crippen molar-refractivity contribution >= 4 is 0 Å². The first kappa shape index (κ1) is 11.5. The molecule has 0 heterocycles. The molecule has 0 atom stereocenters. The summed E-state index contributed by atoms with van der Waals surface area (Å²) in [5.41, 5.74) is 0.901. The maximum Gasteiger partial charge on any atom is 0.127 e. The van der Waals surface area contributed by atoms with Crippen molar-refractivity contribution in [3.05, 3.63) is 54.1 Å². The lowest BCUT2D eigenvalue weighted by Gasteiger charge is -2.11. The molecule has 2 rings (SSSR count). The van der Waals surface area contributed by atoms with Crippen LogP contribution in [0.3, 0.4) is 0 Å². The Balaban J connectivity index is 2.26. The summed E-state index contributed by atoms with van der Waals surface area (Å²) in [6, 6.07) is 14.9. The van der Waals surface area contributed by atoms with E-state index < -0.39 is 0 Å². The van der Waals surface area contributed by atoms with Crippen molar-refractivity contribution in [3.8, 4) is 17.2 Å². The molecule has 0 aromatic heterocycles. The van der Waals surface area contributed by atoms with Gasteiger partial charge < -0.3 is 9.84 Å². The number of para-hydroxylation sites is 1. The van der Waals surface area contributed by atoms with Gasteiger partial charge in [0.2, 0.25) is 0 Å². The summed E-state index contributed by atoms with van der Waals surface area (Å²) < 4.78 is 5.71. The molecular formula is C15H16O2. The van der Waals surface area contributed by atoms with E-state index >= 15 is 0 Å². The summed E-state index contributed by atoms with van der Waals surface area (Å²) in [7, 11) is 0. The normalized spacial score (nSPS) is 10.5. The fourth-order valence-corrected chi connectivity index (χ4v) is 1.68. The van der Waals surface area contributed by atoms with Crippen molar-refractivity contribution in [1.82, 2.24) is 0 Å². The van der Waals surface area contributed by atoms with Crippen LogP contribution in [0.15, 0.2) is 48.5 Å². The van der Waals surface area contributed by atoms with Crippen molar-refractivity contribution in [2.45, 2.75) is 19.8 Å². The van der Waals surface area contributed by atoms with Gasteiger partial charge in [0.1, 0.15) is 17.2 Å². The third-order valence-corrected chi connectivity index (χ3v) is 2.60. The fourth-order valence-electron chi connectivity index (χ4n) is 1.68. The van der Waals surface area contributed by atoms with Crippen molar-refractivity contribution in [2.75, 3.05) is 0 Å². The number of benzene rings is 2. The van der Waals surface area contributed by atoms with E-state index in [0.717, 1.165) is 17.1 Å². The highest BCUT2D eigenvalue weighted by Crippen LogP contribution is 2.31. The first-order chi connectivity index (χ1) is 8.16. The van der Waals surface area contributed by atoms with E-state index in [1.807, 2.05) is 50.2 Å². The van der Waals surface area contributed by atoms with Crippen LogP contribution in [0.2, 0.25) is 0 Å². The summed E-state index contributed by atoms with van der Waals surface area (Å²) in [5.74, 6) is 2.14. The average molecular weight is 228 g/mol. The Hall–Kier alpha value is -1.96. The summed E-state index contributed by atoms with van der Waals surface area (Å²) in [6.45, 7) is 4.09. The van der Waals surface area contributed by atoms with Gasteiger partial charge in [0.05, 0.1) is 0 Å². The van der Waals surface area contributed by atoms with Gasteiger partial charge in [0.25, 0.3) is 0 Å². The Morgan fingerprint density at radius 1 is 0.941 bits per heavy atom. The summed E-state index contributed by atoms with van der Waals surface area (Å²) in [6.07, 6.45) is 0. The van der Waals surface area contributed by atoms with Crippen molar-refractivity contribution < 1.29 is 9.84 Å². The second kappa shape index (κ2) is 4.91. The van der Waals surface area contributed by atoms with Crippen LogP contribution < -0.4 is 4.74 Å². The molecule has 88 valence electrons. The minimum atomic E-state index is 0.273. The summed E-state index contributed by atoms with van der Waals surface area (Å²) >= 11 is 0. The van der Waals surface area contributed by atoms with E-state index in [1.165, 1.54) is 0 Å². The molecule has 0 saturated heterocycles. The predicted molar refractivity (Wildman–Crippen MR) is 68.7 cm³/mol. The molecule has 0 fully saturated rings. The fraction of sp³-hybridized carbons (Fsp3) is 0.200. The third-order valence-electron chi connectivity index (χ3n) is 2.60. The molecule has 0 spiro atoms. The summed E-state index contributed by atoms with van der Waals surface area (Å²) in [4.78, 5) is 0. The van der Waals surface area contributed by atoms with Crippen molar-refractivity contribution in [2.24, 2.45) is 0 Å². The van der Waals surface area contributed by atoms with Crippen molar-refractivity contribution in [3.63, 3.8) is 0 Å². The minimum Gasteiger partial charge on any atom is -0.508 e. The first-order valence-electron chi connectivity index (χ1n) is 5.72. The zero-order valence-electron chi connectivity index (χ0n) is 10.1. The molecule has 0 aliphatic carbocycles. The number of phenolic OH excluding ortho intramolecular Hbond substituents is 1. The van der Waals surface area contributed by atoms with Gasteiger partial charge in [-0.15, -0.1) is 0 Å². The lowest BCUT2D eigenvalue weighted by molar-refractivity contribution is 0.454. The molecule has 0 amide bonds. The van der Waals surface area contributed by atoms with Crippen LogP contribution in [-0.2, 0) is 0 Å². The Kier molecular flexibility index (Phi) is 3.33. The highest BCUT2D eigenvalue weighted by molar-refractivity contribution is 5.42. The molecule has 17 heavy (non-hydrogen) atoms. The Bertz CT molecular complexity index is 490. The molecule has 0 saturated carbocycles. The van der Waals surface area contributed by atoms with Crippen LogP contribution in [-0.4, -0.2) is 5.11 Å². The Labute approximate surface area is 101 Å². The largest absolute Gasteiger partial charge is 0.508 e. The molecule has 0 radical (unpaired) electrons. The topological polar surface area (TPSA) is 29.5 Å². The lowest BCUT2D eigenvalue weighted by atomic mass is 10.0. The van der Waals surface area contributed by atoms with Crippen molar-refractivity contribution in [1.29, 1.82) is 0 Å². The second-order valence-electron chi connectivity index (χ2n) is 4.29. The van der Waals surface area contributed by atoms with E-state index in [2.05, 4.69) is 0 Å². The van der Waals surface area contributed by atoms with Crippen LogP contribution in [0.25, 0.3) is 0 Å². The number of hydrogen-bond acceptors (Lipinski definition) is 2. The standard InChI is InChI=1S/C15H16O2/c1-11(2)14-10-13(8-9-15(14)16)17-12-6-4-3-5-7-12/h3-11,16H,1-2H3. The molecule has 0 aliphatic rings. The molecule has 2 aromatic rings. The van der Waals surface area contributed by atoms with Gasteiger partial charge in [-0.05, 0) is 36.2 Å². The van der Waals surface area contributed by atoms with Gasteiger partial charge in [0, 0.05) is 5.56 Å². The van der Waals surface area contributed by atoms with E-state index in [9.17, 15) is 5.11 Å². The Morgan fingerprint density at radius 3 is 2.29 bits per heavy atom. The maximum atomic E-state index is 9.72. The van der Waals surface area contributed by atoms with Gasteiger partial charge >= 0.3 is 0 Å². The number of aromatic hydroxyl groups is 1. The predicted octanol–water partition coefficient (Wildman–Crippen LogP) is 4.31. The molecule has 0 aliphatic heterocycles. The number of ether oxygens (including phenoxy) is 1. The smallest absolute Gasteiger partial charge is 0.127 e. The van der Waals surface area contributed by atoms with E-state index in [4.69, 9.17) is 4.74 Å². The molecule has 1 N–H and O–H groups in total. The van der Waals surface area contributed by atoms with Gasteiger partial charge in [-0.25, -0.2) is 0 Å². The number of hydrogen-bond donors (Lipinski definition) is 1.